The van der Waals surface area contributed by atoms with Crippen LogP contribution in [0, 0.1) is 6.92 Å². The van der Waals surface area contributed by atoms with Gasteiger partial charge in [-0.15, -0.1) is 0 Å². The van der Waals surface area contributed by atoms with E-state index in [1.807, 2.05) is 18.2 Å². The second-order valence-corrected chi connectivity index (χ2v) is 15.4. The molecule has 0 aliphatic carbocycles. The summed E-state index contributed by atoms with van der Waals surface area (Å²) in [7, 11) is -2.37. The summed E-state index contributed by atoms with van der Waals surface area (Å²) in [6, 6.07) is 19.7. The Morgan fingerprint density at radius 2 is 1.73 bits per heavy atom. The van der Waals surface area contributed by atoms with Crippen molar-refractivity contribution in [2.75, 3.05) is 44.9 Å². The van der Waals surface area contributed by atoms with Gasteiger partial charge in [-0.1, -0.05) is 23.7 Å². The average Bonchev–Trinajstić information content (AvgIpc) is 3.69. The Balaban J connectivity index is 1.10. The maximum Gasteiger partial charge on any atom is 0.310 e. The van der Waals surface area contributed by atoms with Gasteiger partial charge in [0.2, 0.25) is 5.91 Å². The van der Waals surface area contributed by atoms with Crippen LogP contribution in [0.2, 0.25) is 5.02 Å². The number of sulfone groups is 1. The number of carbonyl (C=O) groups excluding carboxylic acids is 3. The molecule has 1 aliphatic heterocycles. The summed E-state index contributed by atoms with van der Waals surface area (Å²) in [5.74, 6) is -1.56. The molecular weight excluding hydrogens is 694 g/mol. The zero-order valence-corrected chi connectivity index (χ0v) is 30.7. The minimum Gasteiger partial charge on any atom is -0.497 e. The lowest BCUT2D eigenvalue weighted by atomic mass is 10.1. The van der Waals surface area contributed by atoms with Gasteiger partial charge in [-0.2, -0.15) is 0 Å². The van der Waals surface area contributed by atoms with Gasteiger partial charge < -0.3 is 19.5 Å². The molecular formula is C38H44ClN3O8S. The van der Waals surface area contributed by atoms with Crippen molar-refractivity contribution in [3.8, 4) is 11.5 Å². The second-order valence-electron chi connectivity index (χ2n) is 12.8. The Labute approximate surface area is 303 Å². The third-order valence-electron chi connectivity index (χ3n) is 8.74. The zero-order chi connectivity index (χ0) is 36.5. The van der Waals surface area contributed by atoms with E-state index in [0.29, 0.717) is 51.5 Å². The van der Waals surface area contributed by atoms with E-state index < -0.39 is 39.3 Å². The molecule has 1 unspecified atom stereocenters. The minimum atomic E-state index is -3.89. The highest BCUT2D eigenvalue weighted by molar-refractivity contribution is 7.92. The number of methoxy groups -OCH3 is 1. The molecule has 51 heavy (non-hydrogen) atoms. The monoisotopic (exact) mass is 737 g/mol. The van der Waals surface area contributed by atoms with Crippen LogP contribution in [0.15, 0.2) is 66.7 Å². The highest BCUT2D eigenvalue weighted by atomic mass is 35.5. The number of esters is 1. The molecule has 1 saturated heterocycles. The lowest BCUT2D eigenvalue weighted by Gasteiger charge is -2.15. The van der Waals surface area contributed by atoms with Gasteiger partial charge in [-0.05, 0) is 112 Å². The summed E-state index contributed by atoms with van der Waals surface area (Å²) in [5.41, 5.74) is 3.26. The van der Waals surface area contributed by atoms with Crippen LogP contribution in [0.5, 0.6) is 11.5 Å². The lowest BCUT2D eigenvalue weighted by Crippen LogP contribution is -2.35. The largest absolute Gasteiger partial charge is 0.497 e. The van der Waals surface area contributed by atoms with Crippen molar-refractivity contribution in [1.29, 1.82) is 0 Å². The van der Waals surface area contributed by atoms with Crippen LogP contribution in [0.1, 0.15) is 53.4 Å². The Morgan fingerprint density at radius 3 is 2.45 bits per heavy atom. The molecule has 1 atom stereocenters. The fourth-order valence-electron chi connectivity index (χ4n) is 6.33. The molecule has 1 aliphatic rings. The van der Waals surface area contributed by atoms with Gasteiger partial charge in [-0.3, -0.25) is 23.9 Å². The first kappa shape index (κ1) is 37.9. The first-order chi connectivity index (χ1) is 24.4. The maximum absolute atomic E-state index is 13.6. The Morgan fingerprint density at radius 1 is 0.980 bits per heavy atom. The predicted molar refractivity (Wildman–Crippen MR) is 196 cm³/mol. The number of benzene rings is 3. The molecule has 1 N–H and O–H groups in total. The number of carbonyl (C=O) groups is 3. The number of halogens is 1. The highest BCUT2D eigenvalue weighted by Crippen LogP contribution is 2.31. The number of nitrogens with one attached hydrogen (secondary N) is 1. The SMILES string of the molecule is COc1ccc2c(c1)c(CC(=O)OC(C)CS(=O)(=O)CC(=O)NCCCOc1cccc(CN3CCCC3)c1)c(C)n2C(=O)c1ccc(Cl)cc1. The minimum absolute atomic E-state index is 0.216. The van der Waals surface area contributed by atoms with E-state index in [2.05, 4.69) is 16.3 Å². The lowest BCUT2D eigenvalue weighted by molar-refractivity contribution is -0.146. The van der Waals surface area contributed by atoms with Crippen LogP contribution >= 0.6 is 11.6 Å². The standard InChI is InChI=1S/C38H44ClN3O8S/c1-26(24-51(46,47)25-36(43)40-16-7-19-49-32-9-6-8-28(20-32)23-41-17-4-5-18-41)50-37(44)22-33-27(2)42(35-15-14-31(48-3)21-34(33)35)38(45)29-10-12-30(39)13-11-29/h6,8-15,20-21,26H,4-5,7,16-19,22-25H2,1-3H3,(H,40,43). The molecule has 3 aromatic carbocycles. The van der Waals surface area contributed by atoms with Crippen molar-refractivity contribution in [1.82, 2.24) is 14.8 Å². The number of aromatic nitrogens is 1. The van der Waals surface area contributed by atoms with Gasteiger partial charge in [-0.25, -0.2) is 8.42 Å². The highest BCUT2D eigenvalue weighted by Gasteiger charge is 2.26. The predicted octanol–water partition coefficient (Wildman–Crippen LogP) is 5.37. The fraction of sp³-hybridized carbons (Fsp3) is 0.395. The Bertz CT molecular complexity index is 1970. The Hall–Kier alpha value is -4.39. The molecule has 5 rings (SSSR count). The molecule has 1 aromatic heterocycles. The zero-order valence-electron chi connectivity index (χ0n) is 29.2. The fourth-order valence-corrected chi connectivity index (χ4v) is 7.86. The number of likely N-dealkylation sites (tertiary alicyclic amines) is 1. The second kappa shape index (κ2) is 17.2. The van der Waals surface area contributed by atoms with E-state index in [9.17, 15) is 22.8 Å². The third kappa shape index (κ3) is 10.3. The molecule has 1 amide bonds. The maximum atomic E-state index is 13.6. The molecule has 0 saturated carbocycles. The van der Waals surface area contributed by atoms with Crippen LogP contribution in [0.3, 0.4) is 0 Å². The van der Waals surface area contributed by atoms with Crippen molar-refractivity contribution < 1.29 is 37.0 Å². The van der Waals surface area contributed by atoms with Gasteiger partial charge in [0.15, 0.2) is 9.84 Å². The van der Waals surface area contributed by atoms with Crippen molar-refractivity contribution in [3.63, 3.8) is 0 Å². The van der Waals surface area contributed by atoms with E-state index >= 15 is 0 Å². The van der Waals surface area contributed by atoms with E-state index in [0.717, 1.165) is 25.4 Å². The molecule has 11 nitrogen and oxygen atoms in total. The Kier molecular flexibility index (Phi) is 12.8. The van der Waals surface area contributed by atoms with Crippen molar-refractivity contribution >= 4 is 50.1 Å². The van der Waals surface area contributed by atoms with Gasteiger partial charge in [0.05, 0.1) is 31.4 Å². The van der Waals surface area contributed by atoms with Crippen molar-refractivity contribution in [2.45, 2.75) is 52.2 Å². The first-order valence-corrected chi connectivity index (χ1v) is 19.2. The van der Waals surface area contributed by atoms with Gasteiger partial charge >= 0.3 is 5.97 Å². The van der Waals surface area contributed by atoms with Gasteiger partial charge in [0, 0.05) is 34.8 Å². The molecule has 0 bridgehead atoms. The number of hydrogen-bond acceptors (Lipinski definition) is 9. The topological polar surface area (TPSA) is 133 Å². The van der Waals surface area contributed by atoms with E-state index in [1.54, 1.807) is 49.4 Å². The number of rotatable bonds is 16. The first-order valence-electron chi connectivity index (χ1n) is 17.0. The molecule has 272 valence electrons. The molecule has 4 aromatic rings. The van der Waals surface area contributed by atoms with Crippen LogP contribution in [0.4, 0.5) is 0 Å². The van der Waals surface area contributed by atoms with E-state index in [-0.39, 0.29) is 18.9 Å². The van der Waals surface area contributed by atoms with E-state index in [4.69, 9.17) is 25.8 Å². The molecule has 13 heteroatoms. The number of fused-ring (bicyclic) bond motifs is 1. The van der Waals surface area contributed by atoms with Crippen molar-refractivity contribution in [3.05, 3.63) is 94.1 Å². The van der Waals surface area contributed by atoms with Crippen molar-refractivity contribution in [2.24, 2.45) is 0 Å². The molecule has 1 fully saturated rings. The van der Waals surface area contributed by atoms with Crippen LogP contribution < -0.4 is 14.8 Å². The van der Waals surface area contributed by atoms with Crippen LogP contribution in [0.25, 0.3) is 10.9 Å². The number of hydrogen-bond donors (Lipinski definition) is 1. The number of nitrogens with zero attached hydrogens (tertiary/aromatic N) is 2. The number of amides is 1. The van der Waals surface area contributed by atoms with Crippen LogP contribution in [-0.2, 0) is 37.1 Å². The van der Waals surface area contributed by atoms with Gasteiger partial charge in [0.25, 0.3) is 5.91 Å². The summed E-state index contributed by atoms with van der Waals surface area (Å²) < 4.78 is 43.9. The van der Waals surface area contributed by atoms with E-state index in [1.165, 1.54) is 37.0 Å². The third-order valence-corrected chi connectivity index (χ3v) is 10.7. The summed E-state index contributed by atoms with van der Waals surface area (Å²) in [5, 5.41) is 3.75. The quantitative estimate of drug-likeness (QED) is 0.119. The molecule has 2 heterocycles. The summed E-state index contributed by atoms with van der Waals surface area (Å²) >= 11 is 6.01. The summed E-state index contributed by atoms with van der Waals surface area (Å²) in [6.07, 6.45) is 1.74. The summed E-state index contributed by atoms with van der Waals surface area (Å²) in [6.45, 7) is 6.95. The smallest absolute Gasteiger partial charge is 0.310 e. The van der Waals surface area contributed by atoms with Gasteiger partial charge in [0.1, 0.15) is 23.4 Å². The molecule has 0 radical (unpaired) electrons. The normalized spacial score (nSPS) is 14.0. The average molecular weight is 738 g/mol. The van der Waals surface area contributed by atoms with Crippen LogP contribution in [-0.4, -0.2) is 86.6 Å². The number of ether oxygens (including phenoxy) is 3. The summed E-state index contributed by atoms with van der Waals surface area (Å²) in [4.78, 5) is 41.5. The molecule has 0 spiro atoms.